The highest BCUT2D eigenvalue weighted by Crippen LogP contribution is 2.33. The van der Waals surface area contributed by atoms with Crippen LogP contribution in [0.2, 0.25) is 0 Å². The summed E-state index contributed by atoms with van der Waals surface area (Å²) in [5.41, 5.74) is 1.31. The molecule has 116 valence electrons. The molecule has 0 spiro atoms. The monoisotopic (exact) mass is 325 g/mol. The third-order valence-corrected chi connectivity index (χ3v) is 5.73. The molecular weight excluding hydrogens is 302 g/mol. The second kappa shape index (κ2) is 7.13. The number of ether oxygens (including phenoxy) is 1. The van der Waals surface area contributed by atoms with Crippen molar-refractivity contribution in [1.29, 1.82) is 0 Å². The predicted molar refractivity (Wildman–Crippen MR) is 89.3 cm³/mol. The lowest BCUT2D eigenvalue weighted by Crippen LogP contribution is -2.21. The second-order valence-corrected chi connectivity index (χ2v) is 8.04. The molecule has 3 rings (SSSR count). The molecule has 0 unspecified atom stereocenters. The fraction of sp³-hybridized carbons (Fsp3) is 0.667. The molecule has 2 aromatic rings. The van der Waals surface area contributed by atoms with E-state index in [-0.39, 0.29) is 0 Å². The molecule has 0 aromatic carbocycles. The first-order valence-electron chi connectivity index (χ1n) is 7.63. The van der Waals surface area contributed by atoms with Gasteiger partial charge in [-0.25, -0.2) is 4.98 Å². The van der Waals surface area contributed by atoms with Crippen LogP contribution in [0.1, 0.15) is 32.4 Å². The largest absolute Gasteiger partial charge is 0.381 e. The smallest absolute Gasteiger partial charge is 0.194 e. The Morgan fingerprint density at radius 1 is 1.48 bits per heavy atom. The van der Waals surface area contributed by atoms with E-state index in [0.717, 1.165) is 44.1 Å². The lowest BCUT2D eigenvalue weighted by Gasteiger charge is -2.21. The van der Waals surface area contributed by atoms with Crippen molar-refractivity contribution in [2.24, 2.45) is 5.92 Å². The van der Waals surface area contributed by atoms with Gasteiger partial charge in [-0.05, 0) is 25.3 Å². The summed E-state index contributed by atoms with van der Waals surface area (Å²) in [4.78, 5) is 5.93. The number of fused-ring (bicyclic) bond motifs is 1. The van der Waals surface area contributed by atoms with Gasteiger partial charge >= 0.3 is 0 Å². The van der Waals surface area contributed by atoms with E-state index in [1.165, 1.54) is 10.7 Å². The van der Waals surface area contributed by atoms with Crippen molar-refractivity contribution in [3.8, 4) is 0 Å². The molecule has 0 radical (unpaired) electrons. The Labute approximate surface area is 134 Å². The van der Waals surface area contributed by atoms with Crippen molar-refractivity contribution in [2.75, 3.05) is 19.8 Å². The van der Waals surface area contributed by atoms with Gasteiger partial charge < -0.3 is 10.1 Å². The van der Waals surface area contributed by atoms with Gasteiger partial charge in [0.2, 0.25) is 0 Å². The van der Waals surface area contributed by atoms with Crippen LogP contribution in [0, 0.1) is 5.92 Å². The standard InChI is InChI=1S/C15H23N3OS2/c1-11(2)9-16-10-13-14(17-15-18(13)5-8-20-15)21-12-3-6-19-7-4-12/h5,8,11-12,16H,3-4,6-7,9-10H2,1-2H3. The van der Waals surface area contributed by atoms with Crippen LogP contribution in [0.4, 0.5) is 0 Å². The SMILES string of the molecule is CC(C)CNCc1c(SC2CCOCC2)nc2sccn12. The van der Waals surface area contributed by atoms with Crippen molar-refractivity contribution >= 4 is 28.1 Å². The maximum absolute atomic E-state index is 5.45. The second-order valence-electron chi connectivity index (χ2n) is 5.87. The third-order valence-electron chi connectivity index (χ3n) is 3.62. The van der Waals surface area contributed by atoms with E-state index in [9.17, 15) is 0 Å². The van der Waals surface area contributed by atoms with Gasteiger partial charge in [-0.3, -0.25) is 4.40 Å². The molecule has 1 saturated heterocycles. The highest BCUT2D eigenvalue weighted by Gasteiger charge is 2.20. The summed E-state index contributed by atoms with van der Waals surface area (Å²) in [7, 11) is 0. The normalized spacial score (nSPS) is 17.1. The molecule has 6 heteroatoms. The van der Waals surface area contributed by atoms with Crippen molar-refractivity contribution in [3.63, 3.8) is 0 Å². The number of aromatic nitrogens is 2. The first kappa shape index (κ1) is 15.3. The number of hydrogen-bond donors (Lipinski definition) is 1. The molecule has 1 N–H and O–H groups in total. The zero-order valence-electron chi connectivity index (χ0n) is 12.7. The number of thiazole rings is 1. The summed E-state index contributed by atoms with van der Waals surface area (Å²) >= 11 is 3.65. The van der Waals surface area contributed by atoms with Crippen LogP contribution in [0.5, 0.6) is 0 Å². The van der Waals surface area contributed by atoms with Crippen LogP contribution < -0.4 is 5.32 Å². The zero-order chi connectivity index (χ0) is 14.7. The molecular formula is C15H23N3OS2. The van der Waals surface area contributed by atoms with E-state index < -0.39 is 0 Å². The van der Waals surface area contributed by atoms with Gasteiger partial charge in [0.25, 0.3) is 0 Å². The number of hydrogen-bond acceptors (Lipinski definition) is 5. The lowest BCUT2D eigenvalue weighted by molar-refractivity contribution is 0.1000. The highest BCUT2D eigenvalue weighted by atomic mass is 32.2. The van der Waals surface area contributed by atoms with E-state index in [4.69, 9.17) is 9.72 Å². The number of nitrogens with zero attached hydrogens (tertiary/aromatic N) is 2. The Morgan fingerprint density at radius 2 is 2.29 bits per heavy atom. The van der Waals surface area contributed by atoms with Crippen LogP contribution in [0.25, 0.3) is 4.96 Å². The summed E-state index contributed by atoms with van der Waals surface area (Å²) in [5, 5.41) is 7.51. The molecule has 21 heavy (non-hydrogen) atoms. The molecule has 0 aliphatic carbocycles. The molecule has 1 aliphatic rings. The van der Waals surface area contributed by atoms with Gasteiger partial charge in [0.15, 0.2) is 4.96 Å². The van der Waals surface area contributed by atoms with E-state index in [1.54, 1.807) is 11.3 Å². The summed E-state index contributed by atoms with van der Waals surface area (Å²) < 4.78 is 7.69. The first-order chi connectivity index (χ1) is 10.2. The Bertz CT molecular complexity index is 572. The Morgan fingerprint density at radius 3 is 3.05 bits per heavy atom. The van der Waals surface area contributed by atoms with Crippen molar-refractivity contribution in [2.45, 2.75) is 43.5 Å². The Hall–Kier alpha value is -0.560. The van der Waals surface area contributed by atoms with Crippen molar-refractivity contribution < 1.29 is 4.74 Å². The lowest BCUT2D eigenvalue weighted by atomic mass is 10.2. The summed E-state index contributed by atoms with van der Waals surface area (Å²) in [6.45, 7) is 8.19. The van der Waals surface area contributed by atoms with E-state index in [1.807, 2.05) is 11.8 Å². The fourth-order valence-corrected chi connectivity index (χ4v) is 4.48. The average Bonchev–Trinajstić information content (AvgIpc) is 3.02. The first-order valence-corrected chi connectivity index (χ1v) is 9.39. The van der Waals surface area contributed by atoms with Gasteiger partial charge in [-0.1, -0.05) is 13.8 Å². The van der Waals surface area contributed by atoms with E-state index >= 15 is 0 Å². The fourth-order valence-electron chi connectivity index (χ4n) is 2.50. The van der Waals surface area contributed by atoms with Crippen molar-refractivity contribution in [3.05, 3.63) is 17.3 Å². The van der Waals surface area contributed by atoms with Crippen LogP contribution in [-0.2, 0) is 11.3 Å². The number of thioether (sulfide) groups is 1. The molecule has 3 heterocycles. The maximum atomic E-state index is 5.45. The third kappa shape index (κ3) is 3.80. The zero-order valence-corrected chi connectivity index (χ0v) is 14.3. The molecule has 0 saturated carbocycles. The summed E-state index contributed by atoms with van der Waals surface area (Å²) in [6, 6.07) is 0. The van der Waals surface area contributed by atoms with Crippen LogP contribution in [0.3, 0.4) is 0 Å². The number of nitrogens with one attached hydrogen (secondary N) is 1. The van der Waals surface area contributed by atoms with Gasteiger partial charge in [-0.2, -0.15) is 0 Å². The van der Waals surface area contributed by atoms with Crippen LogP contribution in [0.15, 0.2) is 16.6 Å². The highest BCUT2D eigenvalue weighted by molar-refractivity contribution is 7.99. The molecule has 0 amide bonds. The minimum absolute atomic E-state index is 0.646. The minimum atomic E-state index is 0.646. The molecule has 4 nitrogen and oxygen atoms in total. The van der Waals surface area contributed by atoms with Gasteiger partial charge in [0.1, 0.15) is 5.03 Å². The molecule has 1 fully saturated rings. The Balaban J connectivity index is 1.74. The quantitative estimate of drug-likeness (QED) is 0.883. The van der Waals surface area contributed by atoms with Crippen molar-refractivity contribution in [1.82, 2.24) is 14.7 Å². The number of imidazole rings is 1. The minimum Gasteiger partial charge on any atom is -0.381 e. The molecule has 0 bridgehead atoms. The van der Waals surface area contributed by atoms with E-state index in [2.05, 4.69) is 35.1 Å². The number of rotatable bonds is 6. The molecule has 2 aromatic heterocycles. The van der Waals surface area contributed by atoms with E-state index in [0.29, 0.717) is 11.2 Å². The topological polar surface area (TPSA) is 38.6 Å². The van der Waals surface area contributed by atoms with Gasteiger partial charge in [-0.15, -0.1) is 23.1 Å². The Kier molecular flexibility index (Phi) is 5.21. The predicted octanol–water partition coefficient (Wildman–Crippen LogP) is 3.41. The molecule has 0 atom stereocenters. The van der Waals surface area contributed by atoms with Gasteiger partial charge in [0.05, 0.1) is 5.69 Å². The van der Waals surface area contributed by atoms with Crippen LogP contribution >= 0.6 is 23.1 Å². The average molecular weight is 326 g/mol. The van der Waals surface area contributed by atoms with Crippen LogP contribution in [-0.4, -0.2) is 34.4 Å². The summed E-state index contributed by atoms with van der Waals surface area (Å²) in [5.74, 6) is 0.669. The summed E-state index contributed by atoms with van der Waals surface area (Å²) in [6.07, 6.45) is 4.40. The molecule has 1 aliphatic heterocycles. The maximum Gasteiger partial charge on any atom is 0.194 e. The van der Waals surface area contributed by atoms with Gasteiger partial charge in [0, 0.05) is 36.6 Å².